The lowest BCUT2D eigenvalue weighted by atomic mass is 10.1. The maximum absolute atomic E-state index is 12.8. The predicted molar refractivity (Wildman–Crippen MR) is 103 cm³/mol. The molecule has 0 unspecified atom stereocenters. The molecule has 2 heterocycles. The molecular formula is C21H23N5O. The van der Waals surface area contributed by atoms with Gasteiger partial charge >= 0.3 is 0 Å². The molecule has 0 aliphatic carbocycles. The van der Waals surface area contributed by atoms with Crippen molar-refractivity contribution < 1.29 is 4.79 Å². The summed E-state index contributed by atoms with van der Waals surface area (Å²) in [4.78, 5) is 21.1. The molecule has 1 amide bonds. The van der Waals surface area contributed by atoms with Crippen molar-refractivity contribution in [3.05, 3.63) is 83.9 Å². The smallest absolute Gasteiger partial charge is 0.253 e. The minimum absolute atomic E-state index is 0.113. The second-order valence-electron chi connectivity index (χ2n) is 6.84. The van der Waals surface area contributed by atoms with Crippen LogP contribution in [0.2, 0.25) is 0 Å². The topological polar surface area (TPSA) is 54.3 Å². The van der Waals surface area contributed by atoms with Gasteiger partial charge < -0.3 is 4.90 Å². The van der Waals surface area contributed by atoms with E-state index < -0.39 is 0 Å². The number of rotatable bonds is 5. The van der Waals surface area contributed by atoms with Crippen molar-refractivity contribution in [2.45, 2.75) is 13.1 Å². The van der Waals surface area contributed by atoms with Crippen molar-refractivity contribution in [2.24, 2.45) is 0 Å². The zero-order chi connectivity index (χ0) is 18.5. The summed E-state index contributed by atoms with van der Waals surface area (Å²) >= 11 is 0. The Morgan fingerprint density at radius 3 is 2.22 bits per heavy atom. The monoisotopic (exact) mass is 361 g/mol. The molecule has 1 aromatic heterocycles. The van der Waals surface area contributed by atoms with Gasteiger partial charge in [0.05, 0.1) is 6.54 Å². The van der Waals surface area contributed by atoms with Crippen LogP contribution >= 0.6 is 0 Å². The van der Waals surface area contributed by atoms with Crippen molar-refractivity contribution in [1.29, 1.82) is 0 Å². The van der Waals surface area contributed by atoms with E-state index in [0.29, 0.717) is 6.54 Å². The number of amides is 1. The van der Waals surface area contributed by atoms with E-state index in [1.807, 2.05) is 35.2 Å². The second kappa shape index (κ2) is 8.14. The number of carbonyl (C=O) groups excluding carboxylic acids is 1. The predicted octanol–water partition coefficient (Wildman–Crippen LogP) is 2.28. The maximum atomic E-state index is 12.8. The molecule has 0 N–H and O–H groups in total. The molecule has 0 spiro atoms. The molecule has 0 atom stereocenters. The maximum Gasteiger partial charge on any atom is 0.253 e. The van der Waals surface area contributed by atoms with Crippen LogP contribution < -0.4 is 0 Å². The highest BCUT2D eigenvalue weighted by atomic mass is 16.2. The molecule has 1 aliphatic rings. The molecule has 0 radical (unpaired) electrons. The van der Waals surface area contributed by atoms with E-state index in [0.717, 1.165) is 43.9 Å². The fourth-order valence-corrected chi connectivity index (χ4v) is 3.39. The van der Waals surface area contributed by atoms with Gasteiger partial charge in [-0.1, -0.05) is 42.5 Å². The molecule has 3 aromatic rings. The van der Waals surface area contributed by atoms with Crippen molar-refractivity contribution in [1.82, 2.24) is 24.6 Å². The highest BCUT2D eigenvalue weighted by molar-refractivity contribution is 5.94. The summed E-state index contributed by atoms with van der Waals surface area (Å²) < 4.78 is 1.77. The molecule has 6 heteroatoms. The van der Waals surface area contributed by atoms with E-state index in [2.05, 4.69) is 39.2 Å². The first-order chi connectivity index (χ1) is 13.3. The molecular weight excluding hydrogens is 338 g/mol. The van der Waals surface area contributed by atoms with Gasteiger partial charge in [-0.3, -0.25) is 9.69 Å². The molecule has 0 saturated carbocycles. The normalized spacial score (nSPS) is 15.0. The minimum Gasteiger partial charge on any atom is -0.336 e. The fourth-order valence-electron chi connectivity index (χ4n) is 3.39. The number of aromatic nitrogens is 3. The molecule has 0 bridgehead atoms. The lowest BCUT2D eigenvalue weighted by Crippen LogP contribution is -2.48. The lowest BCUT2D eigenvalue weighted by molar-refractivity contribution is 0.0628. The van der Waals surface area contributed by atoms with Gasteiger partial charge in [-0.25, -0.2) is 9.67 Å². The Morgan fingerprint density at radius 2 is 1.56 bits per heavy atom. The number of carbonyl (C=O) groups is 1. The van der Waals surface area contributed by atoms with Gasteiger partial charge in [0.1, 0.15) is 12.7 Å². The molecule has 1 fully saturated rings. The first kappa shape index (κ1) is 17.4. The highest BCUT2D eigenvalue weighted by Crippen LogP contribution is 2.13. The van der Waals surface area contributed by atoms with E-state index in [-0.39, 0.29) is 5.91 Å². The van der Waals surface area contributed by atoms with Crippen molar-refractivity contribution in [3.8, 4) is 0 Å². The Labute approximate surface area is 159 Å². The van der Waals surface area contributed by atoms with Crippen LogP contribution in [0.3, 0.4) is 0 Å². The molecule has 6 nitrogen and oxygen atoms in total. The zero-order valence-corrected chi connectivity index (χ0v) is 15.2. The number of piperazine rings is 1. The van der Waals surface area contributed by atoms with E-state index in [4.69, 9.17) is 0 Å². The summed E-state index contributed by atoms with van der Waals surface area (Å²) in [5.74, 6) is 0.113. The Bertz CT molecular complexity index is 853. The van der Waals surface area contributed by atoms with Gasteiger partial charge in [0.25, 0.3) is 5.91 Å². The molecule has 1 aliphatic heterocycles. The van der Waals surface area contributed by atoms with E-state index in [1.165, 1.54) is 11.9 Å². The SMILES string of the molecule is O=C(c1ccc(Cn2cncn2)cc1)N1CCN(Cc2ccccc2)CC1. The molecule has 2 aromatic carbocycles. The number of nitrogens with zero attached hydrogens (tertiary/aromatic N) is 5. The first-order valence-corrected chi connectivity index (χ1v) is 9.25. The van der Waals surface area contributed by atoms with Gasteiger partial charge in [0.15, 0.2) is 0 Å². The van der Waals surface area contributed by atoms with Crippen LogP contribution in [-0.4, -0.2) is 56.7 Å². The summed E-state index contributed by atoms with van der Waals surface area (Å²) in [5, 5.41) is 4.11. The Morgan fingerprint density at radius 1 is 0.852 bits per heavy atom. The quantitative estimate of drug-likeness (QED) is 0.700. The third-order valence-corrected chi connectivity index (χ3v) is 4.92. The summed E-state index contributed by atoms with van der Waals surface area (Å²) in [7, 11) is 0. The van der Waals surface area contributed by atoms with Crippen molar-refractivity contribution in [3.63, 3.8) is 0 Å². The van der Waals surface area contributed by atoms with Crippen LogP contribution in [0.15, 0.2) is 67.3 Å². The van der Waals surface area contributed by atoms with Crippen LogP contribution in [0.5, 0.6) is 0 Å². The standard InChI is InChI=1S/C21H23N5O/c27-21(20-8-6-19(7-9-20)15-26-17-22-16-23-26)25-12-10-24(11-13-25)14-18-4-2-1-3-5-18/h1-9,16-17H,10-15H2. The fraction of sp³-hybridized carbons (Fsp3) is 0.286. The lowest BCUT2D eigenvalue weighted by Gasteiger charge is -2.34. The largest absolute Gasteiger partial charge is 0.336 e. The van der Waals surface area contributed by atoms with Gasteiger partial charge in [-0.05, 0) is 23.3 Å². The second-order valence-corrected chi connectivity index (χ2v) is 6.84. The number of hydrogen-bond donors (Lipinski definition) is 0. The summed E-state index contributed by atoms with van der Waals surface area (Å²) in [6, 6.07) is 18.3. The third kappa shape index (κ3) is 4.41. The summed E-state index contributed by atoms with van der Waals surface area (Å²) in [6.07, 6.45) is 3.21. The summed E-state index contributed by atoms with van der Waals surface area (Å²) in [5.41, 5.74) is 3.17. The Kier molecular flexibility index (Phi) is 5.25. The Hall–Kier alpha value is -2.99. The van der Waals surface area contributed by atoms with Gasteiger partial charge in [0, 0.05) is 38.3 Å². The minimum atomic E-state index is 0.113. The first-order valence-electron chi connectivity index (χ1n) is 9.25. The van der Waals surface area contributed by atoms with E-state index in [1.54, 1.807) is 11.0 Å². The van der Waals surface area contributed by atoms with Crippen molar-refractivity contribution in [2.75, 3.05) is 26.2 Å². The average Bonchev–Trinajstić information content (AvgIpc) is 3.22. The molecule has 4 rings (SSSR count). The summed E-state index contributed by atoms with van der Waals surface area (Å²) in [6.45, 7) is 4.96. The molecule has 1 saturated heterocycles. The number of benzene rings is 2. The van der Waals surface area contributed by atoms with Crippen LogP contribution in [0.25, 0.3) is 0 Å². The zero-order valence-electron chi connectivity index (χ0n) is 15.2. The highest BCUT2D eigenvalue weighted by Gasteiger charge is 2.22. The van der Waals surface area contributed by atoms with Crippen LogP contribution in [0.1, 0.15) is 21.5 Å². The third-order valence-electron chi connectivity index (χ3n) is 4.92. The molecule has 138 valence electrons. The van der Waals surface area contributed by atoms with Crippen LogP contribution in [-0.2, 0) is 13.1 Å². The van der Waals surface area contributed by atoms with Crippen LogP contribution in [0.4, 0.5) is 0 Å². The van der Waals surface area contributed by atoms with Crippen LogP contribution in [0, 0.1) is 0 Å². The van der Waals surface area contributed by atoms with E-state index in [9.17, 15) is 4.79 Å². The van der Waals surface area contributed by atoms with Gasteiger partial charge in [-0.2, -0.15) is 5.10 Å². The van der Waals surface area contributed by atoms with E-state index >= 15 is 0 Å². The molecule has 27 heavy (non-hydrogen) atoms. The van der Waals surface area contributed by atoms with Gasteiger partial charge in [-0.15, -0.1) is 0 Å². The van der Waals surface area contributed by atoms with Crippen molar-refractivity contribution >= 4 is 5.91 Å². The average molecular weight is 361 g/mol. The van der Waals surface area contributed by atoms with Gasteiger partial charge in [0.2, 0.25) is 0 Å². The number of hydrogen-bond acceptors (Lipinski definition) is 4. The Balaban J connectivity index is 1.31.